The average Bonchev–Trinajstić information content (AvgIpc) is 2.35. The summed E-state index contributed by atoms with van der Waals surface area (Å²) in [5, 5.41) is 0.162. The van der Waals surface area contributed by atoms with Gasteiger partial charge >= 0.3 is 5.97 Å². The van der Waals surface area contributed by atoms with Gasteiger partial charge in [-0.2, -0.15) is 0 Å². The Hall–Kier alpha value is -1.14. The van der Waals surface area contributed by atoms with Crippen molar-refractivity contribution in [3.63, 3.8) is 0 Å². The normalized spacial score (nSPS) is 14.0. The van der Waals surface area contributed by atoms with Crippen molar-refractivity contribution in [1.29, 1.82) is 4.78 Å². The van der Waals surface area contributed by atoms with Gasteiger partial charge in [-0.25, -0.2) is 18.8 Å². The Morgan fingerprint density at radius 2 is 2.29 bits per heavy atom. The summed E-state index contributed by atoms with van der Waals surface area (Å²) in [6.07, 6.45) is 1.75. The summed E-state index contributed by atoms with van der Waals surface area (Å²) in [7, 11) is -1.65. The number of nitrogens with one attached hydrogen (secondary N) is 1. The number of ether oxygens (including phenoxy) is 1. The third kappa shape index (κ3) is 3.67. The number of hydrogen-bond acceptors (Lipinski definition) is 5. The van der Waals surface area contributed by atoms with E-state index in [-0.39, 0.29) is 16.3 Å². The first-order valence-corrected chi connectivity index (χ1v) is 7.14. The van der Waals surface area contributed by atoms with Gasteiger partial charge in [0.05, 0.1) is 22.4 Å². The second-order valence-electron chi connectivity index (χ2n) is 3.30. The van der Waals surface area contributed by atoms with Gasteiger partial charge in [0.1, 0.15) is 5.03 Å². The highest BCUT2D eigenvalue weighted by Gasteiger charge is 2.13. The van der Waals surface area contributed by atoms with Crippen LogP contribution in [0.4, 0.5) is 0 Å². The van der Waals surface area contributed by atoms with Gasteiger partial charge in [0.2, 0.25) is 0 Å². The molecule has 0 saturated heterocycles. The van der Waals surface area contributed by atoms with Crippen LogP contribution in [0.5, 0.6) is 0 Å². The second kappa shape index (κ2) is 5.97. The molecule has 1 heterocycles. The van der Waals surface area contributed by atoms with E-state index in [0.29, 0.717) is 12.3 Å². The van der Waals surface area contributed by atoms with E-state index in [9.17, 15) is 9.00 Å². The van der Waals surface area contributed by atoms with Crippen LogP contribution in [0.3, 0.4) is 0 Å². The maximum Gasteiger partial charge on any atom is 0.339 e. The van der Waals surface area contributed by atoms with Crippen LogP contribution in [-0.2, 0) is 14.5 Å². The minimum atomic E-state index is -2.92. The Morgan fingerprint density at radius 1 is 1.59 bits per heavy atom. The first kappa shape index (κ1) is 13.9. The highest BCUT2D eigenvalue weighted by molar-refractivity contribution is 7.92. The zero-order valence-corrected chi connectivity index (χ0v) is 10.9. The maximum absolute atomic E-state index is 11.9. The molecule has 1 rings (SSSR count). The lowest BCUT2D eigenvalue weighted by atomic mass is 10.3. The van der Waals surface area contributed by atoms with E-state index in [2.05, 4.69) is 9.72 Å². The molecule has 1 aromatic rings. The van der Waals surface area contributed by atoms with Crippen LogP contribution in [0.25, 0.3) is 0 Å². The Labute approximate surface area is 105 Å². The topological polar surface area (TPSA) is 80.1 Å². The number of carbonyl (C=O) groups excluding carboxylic acids is 1. The van der Waals surface area contributed by atoms with E-state index < -0.39 is 15.7 Å². The number of esters is 1. The number of rotatable bonds is 5. The number of methoxy groups -OCH3 is 1. The first-order chi connectivity index (χ1) is 8.01. The van der Waals surface area contributed by atoms with E-state index >= 15 is 0 Å². The lowest BCUT2D eigenvalue weighted by Gasteiger charge is -2.06. The molecule has 0 aliphatic heterocycles. The molecule has 94 valence electrons. The summed E-state index contributed by atoms with van der Waals surface area (Å²) in [6, 6.07) is 2.86. The van der Waals surface area contributed by atoms with Crippen molar-refractivity contribution in [2.45, 2.75) is 11.4 Å². The van der Waals surface area contributed by atoms with Crippen LogP contribution >= 0.6 is 11.6 Å². The summed E-state index contributed by atoms with van der Waals surface area (Å²) in [5.41, 5.74) is 0.267. The summed E-state index contributed by atoms with van der Waals surface area (Å²) < 4.78 is 24.1. The second-order valence-corrected chi connectivity index (χ2v) is 5.85. The molecule has 0 amide bonds. The Morgan fingerprint density at radius 3 is 2.76 bits per heavy atom. The molecule has 0 fully saturated rings. The largest absolute Gasteiger partial charge is 0.465 e. The molecule has 1 unspecified atom stereocenters. The van der Waals surface area contributed by atoms with E-state index in [1.807, 2.05) is 0 Å². The fraction of sp³-hybridized carbons (Fsp3) is 0.400. The molecule has 7 heteroatoms. The summed E-state index contributed by atoms with van der Waals surface area (Å²) >= 11 is 5.49. The molecule has 0 aliphatic rings. The Balaban J connectivity index is 2.91. The fourth-order valence-electron chi connectivity index (χ4n) is 1.18. The van der Waals surface area contributed by atoms with Crippen molar-refractivity contribution in [3.8, 4) is 0 Å². The highest BCUT2D eigenvalue weighted by Crippen LogP contribution is 2.11. The van der Waals surface area contributed by atoms with Crippen LogP contribution in [0.2, 0.25) is 0 Å². The standard InChI is InChI=1S/C10H13ClN2O3S/c1-16-10(14)8-3-4-9(13-7-8)17(12,15)6-2-5-11/h3-4,7,12H,2,5-6H2,1H3. The molecule has 0 aliphatic carbocycles. The van der Waals surface area contributed by atoms with Crippen molar-refractivity contribution in [3.05, 3.63) is 23.9 Å². The van der Waals surface area contributed by atoms with E-state index in [1.165, 1.54) is 25.4 Å². The van der Waals surface area contributed by atoms with Crippen molar-refractivity contribution in [2.75, 3.05) is 18.7 Å². The Bertz CT molecular complexity index is 485. The van der Waals surface area contributed by atoms with E-state index in [1.54, 1.807) is 0 Å². The highest BCUT2D eigenvalue weighted by atomic mass is 35.5. The molecule has 0 aromatic carbocycles. The predicted molar refractivity (Wildman–Crippen MR) is 64.9 cm³/mol. The minimum absolute atomic E-state index is 0.162. The van der Waals surface area contributed by atoms with Crippen LogP contribution < -0.4 is 0 Å². The third-order valence-electron chi connectivity index (χ3n) is 2.06. The van der Waals surface area contributed by atoms with Gasteiger partial charge in [-0.1, -0.05) is 0 Å². The zero-order valence-electron chi connectivity index (χ0n) is 9.31. The van der Waals surface area contributed by atoms with Gasteiger partial charge in [-0.05, 0) is 18.6 Å². The van der Waals surface area contributed by atoms with E-state index in [4.69, 9.17) is 16.4 Å². The quantitative estimate of drug-likeness (QED) is 0.658. The van der Waals surface area contributed by atoms with E-state index in [0.717, 1.165) is 0 Å². The van der Waals surface area contributed by atoms with Crippen molar-refractivity contribution >= 4 is 27.3 Å². The molecule has 0 saturated carbocycles. The van der Waals surface area contributed by atoms with Crippen molar-refractivity contribution in [1.82, 2.24) is 4.98 Å². The fourth-order valence-corrected chi connectivity index (χ4v) is 2.74. The molecule has 17 heavy (non-hydrogen) atoms. The van der Waals surface area contributed by atoms with Crippen LogP contribution in [0, 0.1) is 4.78 Å². The molecule has 0 radical (unpaired) electrons. The van der Waals surface area contributed by atoms with Gasteiger partial charge in [0.25, 0.3) is 0 Å². The number of carbonyl (C=O) groups is 1. The number of nitrogens with zero attached hydrogens (tertiary/aromatic N) is 1. The van der Waals surface area contributed by atoms with Crippen LogP contribution in [0.1, 0.15) is 16.8 Å². The van der Waals surface area contributed by atoms with Crippen molar-refractivity contribution < 1.29 is 13.7 Å². The minimum Gasteiger partial charge on any atom is -0.465 e. The molecule has 1 N–H and O–H groups in total. The van der Waals surface area contributed by atoms with Gasteiger partial charge < -0.3 is 4.74 Å². The SMILES string of the molecule is COC(=O)c1ccc(S(=N)(=O)CCCCl)nc1. The number of aromatic nitrogens is 1. The molecule has 1 aromatic heterocycles. The molecule has 1 atom stereocenters. The van der Waals surface area contributed by atoms with Gasteiger partial charge in [0.15, 0.2) is 0 Å². The summed E-state index contributed by atoms with van der Waals surface area (Å²) in [5.74, 6) is 0.0123. The molecular formula is C10H13ClN2O3S. The average molecular weight is 277 g/mol. The lowest BCUT2D eigenvalue weighted by Crippen LogP contribution is -2.09. The summed E-state index contributed by atoms with van der Waals surface area (Å²) in [6.45, 7) is 0. The zero-order chi connectivity index (χ0) is 12.9. The van der Waals surface area contributed by atoms with Crippen LogP contribution in [-0.4, -0.2) is 33.9 Å². The van der Waals surface area contributed by atoms with Crippen LogP contribution in [0.15, 0.2) is 23.4 Å². The maximum atomic E-state index is 11.9. The Kier molecular flexibility index (Phi) is 4.89. The monoisotopic (exact) mass is 276 g/mol. The number of hydrogen-bond donors (Lipinski definition) is 1. The predicted octanol–water partition coefficient (Wildman–Crippen LogP) is 1.90. The van der Waals surface area contributed by atoms with Gasteiger partial charge in [-0.3, -0.25) is 0 Å². The lowest BCUT2D eigenvalue weighted by molar-refractivity contribution is 0.0600. The number of halogens is 1. The third-order valence-corrected chi connectivity index (χ3v) is 4.11. The van der Waals surface area contributed by atoms with Gasteiger partial charge in [0, 0.05) is 17.8 Å². The molecular weight excluding hydrogens is 264 g/mol. The first-order valence-electron chi connectivity index (χ1n) is 4.88. The summed E-state index contributed by atoms with van der Waals surface area (Å²) in [4.78, 5) is 15.0. The molecule has 0 spiro atoms. The number of alkyl halides is 1. The molecule has 5 nitrogen and oxygen atoms in total. The smallest absolute Gasteiger partial charge is 0.339 e. The number of pyridine rings is 1. The van der Waals surface area contributed by atoms with Gasteiger partial charge in [-0.15, -0.1) is 11.6 Å². The van der Waals surface area contributed by atoms with Crippen molar-refractivity contribution in [2.24, 2.45) is 0 Å². The molecule has 0 bridgehead atoms.